The number of hydrogen-bond donors (Lipinski definition) is 0. The van der Waals surface area contributed by atoms with E-state index in [2.05, 4.69) is 26.7 Å². The minimum atomic E-state index is 0.0739. The van der Waals surface area contributed by atoms with Crippen molar-refractivity contribution in [3.05, 3.63) is 9.66 Å². The van der Waals surface area contributed by atoms with Crippen molar-refractivity contribution in [3.63, 3.8) is 0 Å². The van der Waals surface area contributed by atoms with E-state index in [-0.39, 0.29) is 6.29 Å². The van der Waals surface area contributed by atoms with E-state index in [1.54, 1.807) is 0 Å². The van der Waals surface area contributed by atoms with E-state index in [1.165, 1.54) is 18.4 Å². The topological polar surface area (TPSA) is 18.5 Å². The molecule has 0 aromatic rings. The average Bonchev–Trinajstić information content (AvgIpc) is 2.47. The highest BCUT2D eigenvalue weighted by Gasteiger charge is 2.34. The molecule has 0 aromatic heterocycles. The van der Waals surface area contributed by atoms with E-state index in [1.807, 2.05) is 0 Å². The Hall–Kier alpha value is 0.390. The van der Waals surface area contributed by atoms with Gasteiger partial charge >= 0.3 is 0 Å². The zero-order chi connectivity index (χ0) is 7.68. The molecule has 0 radical (unpaired) electrons. The van der Waals surface area contributed by atoms with Gasteiger partial charge in [-0.3, -0.25) is 0 Å². The van der Waals surface area contributed by atoms with Gasteiger partial charge in [-0.05, 0) is 22.5 Å². The molecule has 0 aromatic carbocycles. The van der Waals surface area contributed by atoms with Gasteiger partial charge in [0.2, 0.25) is 0 Å². The molecule has 0 amide bonds. The fourth-order valence-electron chi connectivity index (χ4n) is 1.68. The van der Waals surface area contributed by atoms with Gasteiger partial charge in [0.15, 0.2) is 6.29 Å². The summed E-state index contributed by atoms with van der Waals surface area (Å²) in [6.45, 7) is 1.65. The van der Waals surface area contributed by atoms with Gasteiger partial charge in [0.05, 0.1) is 6.61 Å². The van der Waals surface area contributed by atoms with E-state index in [9.17, 15) is 0 Å². The molecule has 11 heavy (non-hydrogen) atoms. The van der Waals surface area contributed by atoms with Crippen molar-refractivity contribution >= 4 is 22.6 Å². The standard InChI is InChI=1S/C8H11IO2/c9-4-6-5-11-8-7(6)2-1-3-10-8/h4,7-8H,1-3,5H2/b6-4-/t7-,8+/m1/s1. The largest absolute Gasteiger partial charge is 0.352 e. The third-order valence-electron chi connectivity index (χ3n) is 2.30. The summed E-state index contributed by atoms with van der Waals surface area (Å²) < 4.78 is 13.1. The Kier molecular flexibility index (Phi) is 2.48. The van der Waals surface area contributed by atoms with Crippen LogP contribution in [0.3, 0.4) is 0 Å². The molecule has 0 N–H and O–H groups in total. The van der Waals surface area contributed by atoms with Crippen molar-refractivity contribution in [3.8, 4) is 0 Å². The smallest absolute Gasteiger partial charge is 0.164 e. The quantitative estimate of drug-likeness (QED) is 0.625. The summed E-state index contributed by atoms with van der Waals surface area (Å²) in [5, 5.41) is 0. The van der Waals surface area contributed by atoms with Gasteiger partial charge in [-0.15, -0.1) is 0 Å². The summed E-state index contributed by atoms with van der Waals surface area (Å²) in [5.74, 6) is 0.556. The Morgan fingerprint density at radius 3 is 3.18 bits per heavy atom. The average molecular weight is 266 g/mol. The number of ether oxygens (including phenoxy) is 2. The van der Waals surface area contributed by atoms with Crippen LogP contribution in [0.15, 0.2) is 9.66 Å². The van der Waals surface area contributed by atoms with E-state index in [0.717, 1.165) is 13.2 Å². The normalized spacial score (nSPS) is 41.0. The Bertz CT molecular complexity index is 179. The number of rotatable bonds is 0. The second-order valence-electron chi connectivity index (χ2n) is 2.98. The summed E-state index contributed by atoms with van der Waals surface area (Å²) >= 11 is 2.28. The summed E-state index contributed by atoms with van der Waals surface area (Å²) in [7, 11) is 0. The maximum Gasteiger partial charge on any atom is 0.164 e. The third-order valence-corrected chi connectivity index (χ3v) is 3.10. The van der Waals surface area contributed by atoms with Crippen molar-refractivity contribution in [2.75, 3.05) is 13.2 Å². The molecule has 0 unspecified atom stereocenters. The van der Waals surface area contributed by atoms with Crippen molar-refractivity contribution in [1.82, 2.24) is 0 Å². The first-order chi connectivity index (χ1) is 5.42. The minimum Gasteiger partial charge on any atom is -0.352 e. The lowest BCUT2D eigenvalue weighted by molar-refractivity contribution is -0.150. The number of halogens is 1. The van der Waals surface area contributed by atoms with Crippen LogP contribution in [0.2, 0.25) is 0 Å². The van der Waals surface area contributed by atoms with Gasteiger partial charge in [-0.2, -0.15) is 0 Å². The van der Waals surface area contributed by atoms with Crippen LogP contribution in [0.1, 0.15) is 12.8 Å². The Labute approximate surface area is 80.1 Å². The van der Waals surface area contributed by atoms with Crippen LogP contribution in [-0.2, 0) is 9.47 Å². The number of fused-ring (bicyclic) bond motifs is 1. The highest BCUT2D eigenvalue weighted by Crippen LogP contribution is 2.34. The van der Waals surface area contributed by atoms with Crippen LogP contribution < -0.4 is 0 Å². The van der Waals surface area contributed by atoms with Gasteiger partial charge in [-0.25, -0.2) is 0 Å². The highest BCUT2D eigenvalue weighted by molar-refractivity contribution is 14.1. The Balaban J connectivity index is 2.10. The first kappa shape index (κ1) is 8.01. The van der Waals surface area contributed by atoms with Gasteiger partial charge in [0, 0.05) is 12.5 Å². The molecular formula is C8H11IO2. The van der Waals surface area contributed by atoms with E-state index < -0.39 is 0 Å². The highest BCUT2D eigenvalue weighted by atomic mass is 127. The molecule has 2 saturated heterocycles. The lowest BCUT2D eigenvalue weighted by atomic mass is 9.96. The molecule has 62 valence electrons. The number of hydrogen-bond acceptors (Lipinski definition) is 2. The van der Waals surface area contributed by atoms with Crippen molar-refractivity contribution < 1.29 is 9.47 Å². The Morgan fingerprint density at radius 2 is 2.36 bits per heavy atom. The first-order valence-corrected chi connectivity index (χ1v) is 5.19. The zero-order valence-corrected chi connectivity index (χ0v) is 8.41. The second kappa shape index (κ2) is 3.41. The van der Waals surface area contributed by atoms with Gasteiger partial charge in [-0.1, -0.05) is 22.6 Å². The molecule has 2 fully saturated rings. The zero-order valence-electron chi connectivity index (χ0n) is 6.25. The summed E-state index contributed by atoms with van der Waals surface area (Å²) in [4.78, 5) is 0. The molecule has 0 spiro atoms. The molecule has 2 aliphatic rings. The Morgan fingerprint density at radius 1 is 1.45 bits per heavy atom. The van der Waals surface area contributed by atoms with Crippen LogP contribution in [0.25, 0.3) is 0 Å². The summed E-state index contributed by atoms with van der Waals surface area (Å²) in [6.07, 6.45) is 2.49. The molecule has 0 aliphatic carbocycles. The fraction of sp³-hybridized carbons (Fsp3) is 0.750. The molecule has 2 rings (SSSR count). The molecule has 2 atom stereocenters. The van der Waals surface area contributed by atoms with Crippen molar-refractivity contribution in [2.45, 2.75) is 19.1 Å². The molecule has 2 heterocycles. The van der Waals surface area contributed by atoms with Crippen LogP contribution in [0, 0.1) is 5.92 Å². The predicted octanol–water partition coefficient (Wildman–Crippen LogP) is 2.09. The maximum atomic E-state index is 5.47. The minimum absolute atomic E-state index is 0.0739. The molecular weight excluding hydrogens is 255 g/mol. The third kappa shape index (κ3) is 1.46. The molecule has 3 heteroatoms. The molecule has 0 bridgehead atoms. The van der Waals surface area contributed by atoms with Crippen LogP contribution in [-0.4, -0.2) is 19.5 Å². The monoisotopic (exact) mass is 266 g/mol. The van der Waals surface area contributed by atoms with Crippen LogP contribution >= 0.6 is 22.6 Å². The predicted molar refractivity (Wildman–Crippen MR) is 50.5 cm³/mol. The maximum absolute atomic E-state index is 5.47. The first-order valence-electron chi connectivity index (χ1n) is 3.94. The van der Waals surface area contributed by atoms with E-state index in [0.29, 0.717) is 5.92 Å². The molecule has 2 nitrogen and oxygen atoms in total. The lowest BCUT2D eigenvalue weighted by Crippen LogP contribution is -2.26. The van der Waals surface area contributed by atoms with Crippen LogP contribution in [0.5, 0.6) is 0 Å². The van der Waals surface area contributed by atoms with Crippen molar-refractivity contribution in [2.24, 2.45) is 5.92 Å². The molecule has 0 saturated carbocycles. The van der Waals surface area contributed by atoms with E-state index in [4.69, 9.17) is 9.47 Å². The van der Waals surface area contributed by atoms with Crippen LogP contribution in [0.4, 0.5) is 0 Å². The molecule has 2 aliphatic heterocycles. The van der Waals surface area contributed by atoms with Gasteiger partial charge in [0.1, 0.15) is 0 Å². The second-order valence-corrected chi connectivity index (χ2v) is 3.61. The summed E-state index contributed by atoms with van der Waals surface area (Å²) in [6, 6.07) is 0. The van der Waals surface area contributed by atoms with Crippen molar-refractivity contribution in [1.29, 1.82) is 0 Å². The lowest BCUT2D eigenvalue weighted by Gasteiger charge is -2.24. The van der Waals surface area contributed by atoms with Gasteiger partial charge in [0.25, 0.3) is 0 Å². The van der Waals surface area contributed by atoms with Gasteiger partial charge < -0.3 is 9.47 Å². The fourth-order valence-corrected chi connectivity index (χ4v) is 2.32. The SMILES string of the molecule is I/C=C1/CO[C@@H]2OCCC[C@H]12. The summed E-state index contributed by atoms with van der Waals surface area (Å²) in [5.41, 5.74) is 1.41. The van der Waals surface area contributed by atoms with E-state index >= 15 is 0 Å².